The molecule has 2 N–H and O–H groups in total. The fourth-order valence-electron chi connectivity index (χ4n) is 6.63. The molecule has 0 saturated carbocycles. The smallest absolute Gasteiger partial charge is 0.497 e. The first-order valence-corrected chi connectivity index (χ1v) is 17.6. The molecule has 13 nitrogen and oxygen atoms in total. The lowest BCUT2D eigenvalue weighted by molar-refractivity contribution is -0.275. The van der Waals surface area contributed by atoms with Gasteiger partial charge in [-0.25, -0.2) is 12.7 Å². The number of ether oxygens (including phenoxy) is 4. The Labute approximate surface area is 303 Å². The predicted octanol–water partition coefficient (Wildman–Crippen LogP) is 3.44. The quantitative estimate of drug-likeness (QED) is 0.278. The van der Waals surface area contributed by atoms with Gasteiger partial charge in [0.05, 0.1) is 45.3 Å². The predicted molar refractivity (Wildman–Crippen MR) is 181 cm³/mol. The van der Waals surface area contributed by atoms with E-state index in [9.17, 15) is 36.6 Å². The van der Waals surface area contributed by atoms with E-state index >= 15 is 4.79 Å². The van der Waals surface area contributed by atoms with Crippen molar-refractivity contribution in [3.8, 4) is 17.2 Å². The average molecular weight is 772 g/mol. The normalized spacial score (nSPS) is 21.2. The van der Waals surface area contributed by atoms with Crippen LogP contribution in [-0.2, 0) is 29.9 Å². The minimum absolute atomic E-state index is 0.0168. The number of amides is 2. The van der Waals surface area contributed by atoms with E-state index in [1.165, 1.54) is 49.2 Å². The molecule has 4 atom stereocenters. The van der Waals surface area contributed by atoms with Crippen molar-refractivity contribution in [2.24, 2.45) is 0 Å². The van der Waals surface area contributed by atoms with Crippen molar-refractivity contribution in [1.82, 2.24) is 9.80 Å². The van der Waals surface area contributed by atoms with Crippen LogP contribution in [0.4, 0.5) is 18.9 Å². The average Bonchev–Trinajstić information content (AvgIpc) is 3.62. The summed E-state index contributed by atoms with van der Waals surface area (Å²) in [4.78, 5) is 31.3. The van der Waals surface area contributed by atoms with Crippen LogP contribution in [-0.4, -0.2) is 113 Å². The van der Waals surface area contributed by atoms with Crippen LogP contribution in [0.2, 0.25) is 5.02 Å². The maximum Gasteiger partial charge on any atom is 0.573 e. The van der Waals surface area contributed by atoms with Crippen LogP contribution in [0.1, 0.15) is 23.1 Å². The van der Waals surface area contributed by atoms with Crippen molar-refractivity contribution in [3.63, 3.8) is 0 Å². The lowest BCUT2D eigenvalue weighted by atomic mass is 9.80. The number of benzene rings is 3. The lowest BCUT2D eigenvalue weighted by Crippen LogP contribution is -2.59. The van der Waals surface area contributed by atoms with Gasteiger partial charge in [-0.05, 0) is 55.8 Å². The fourth-order valence-corrected chi connectivity index (χ4v) is 8.37. The van der Waals surface area contributed by atoms with E-state index < -0.39 is 69.2 Å². The number of sulfonamides is 1. The fraction of sp³-hybridized carbons (Fsp3) is 0.412. The number of fused-ring (bicyclic) bond motifs is 1. The molecule has 1 fully saturated rings. The number of hydrogen-bond acceptors (Lipinski definition) is 11. The number of likely N-dealkylation sites (tertiary alicyclic amines) is 1. The summed E-state index contributed by atoms with van der Waals surface area (Å²) < 4.78 is 91.6. The molecule has 2 unspecified atom stereocenters. The number of likely N-dealkylation sites (N-methyl/N-ethyl adjacent to an activating group) is 1. The Morgan fingerprint density at radius 2 is 1.77 bits per heavy atom. The Bertz CT molecular complexity index is 1960. The minimum Gasteiger partial charge on any atom is -0.497 e. The molecule has 0 bridgehead atoms. The Morgan fingerprint density at radius 3 is 2.38 bits per heavy atom. The second kappa shape index (κ2) is 14.7. The van der Waals surface area contributed by atoms with Gasteiger partial charge in [0.15, 0.2) is 11.3 Å². The molecule has 3 aromatic carbocycles. The number of aryl methyl sites for hydroxylation is 1. The van der Waals surface area contributed by atoms with Crippen molar-refractivity contribution in [3.05, 3.63) is 76.3 Å². The Balaban J connectivity index is 1.84. The standard InChI is InChI=1S/C34H37ClF3N3O10S/c1-19-6-10-28(49-5)25(12-19)33(40-16-23(50-18-21(43)17-42)14-27(40)31(44)39(2)3)24-13-20(35)7-9-26(24)41(32(33)45)52(46,47)30-11-8-22(48-4)15-29(30)51-34(36,37)38/h6-13,15,21,23,27,42-43H,14,16-18H2,1-5H3/t21?,23-,27+,33?/m1/s1. The summed E-state index contributed by atoms with van der Waals surface area (Å²) in [6.07, 6.45) is -7.46. The van der Waals surface area contributed by atoms with Gasteiger partial charge in [-0.1, -0.05) is 23.2 Å². The summed E-state index contributed by atoms with van der Waals surface area (Å²) in [5.41, 5.74) is -1.79. The third kappa shape index (κ3) is 7.00. The number of alkyl halides is 3. The molecule has 2 aliphatic rings. The maximum absolute atomic E-state index is 15.5. The van der Waals surface area contributed by atoms with E-state index in [1.54, 1.807) is 25.1 Å². The molecule has 282 valence electrons. The van der Waals surface area contributed by atoms with Gasteiger partial charge in [0.25, 0.3) is 15.9 Å². The summed E-state index contributed by atoms with van der Waals surface area (Å²) in [6, 6.07) is 10.2. The third-order valence-electron chi connectivity index (χ3n) is 8.86. The monoisotopic (exact) mass is 771 g/mol. The van der Waals surface area contributed by atoms with Gasteiger partial charge in [0, 0.05) is 42.9 Å². The van der Waals surface area contributed by atoms with Gasteiger partial charge >= 0.3 is 6.36 Å². The number of aliphatic hydroxyl groups is 2. The van der Waals surface area contributed by atoms with Crippen molar-refractivity contribution < 1.29 is 60.3 Å². The van der Waals surface area contributed by atoms with Crippen LogP contribution in [0.3, 0.4) is 0 Å². The molecular formula is C34H37ClF3N3O10S. The molecule has 52 heavy (non-hydrogen) atoms. The first-order valence-electron chi connectivity index (χ1n) is 15.8. The first kappa shape index (κ1) is 39.1. The topological polar surface area (TPSA) is 155 Å². The highest BCUT2D eigenvalue weighted by Crippen LogP contribution is 2.55. The largest absolute Gasteiger partial charge is 0.573 e. The highest BCUT2D eigenvalue weighted by atomic mass is 35.5. The van der Waals surface area contributed by atoms with Crippen molar-refractivity contribution in [2.75, 3.05) is 52.4 Å². The Kier molecular flexibility index (Phi) is 11.1. The molecule has 18 heteroatoms. The lowest BCUT2D eigenvalue weighted by Gasteiger charge is -2.42. The molecule has 3 aromatic rings. The molecule has 0 radical (unpaired) electrons. The summed E-state index contributed by atoms with van der Waals surface area (Å²) in [5, 5.41) is 19.5. The van der Waals surface area contributed by atoms with Crippen LogP contribution in [0.15, 0.2) is 59.5 Å². The van der Waals surface area contributed by atoms with Crippen LogP contribution in [0, 0.1) is 6.92 Å². The van der Waals surface area contributed by atoms with Crippen molar-refractivity contribution in [2.45, 2.75) is 48.4 Å². The summed E-state index contributed by atoms with van der Waals surface area (Å²) in [7, 11) is 0.219. The van der Waals surface area contributed by atoms with E-state index in [2.05, 4.69) is 4.74 Å². The molecule has 0 aliphatic carbocycles. The number of hydrogen-bond donors (Lipinski definition) is 2. The number of aliphatic hydroxyl groups excluding tert-OH is 2. The molecule has 1 saturated heterocycles. The zero-order valence-electron chi connectivity index (χ0n) is 28.7. The second-order valence-electron chi connectivity index (χ2n) is 12.4. The number of nitrogens with zero attached hydrogens (tertiary/aromatic N) is 3. The number of anilines is 1. The molecular weight excluding hydrogens is 735 g/mol. The van der Waals surface area contributed by atoms with Gasteiger partial charge in [-0.15, -0.1) is 13.2 Å². The van der Waals surface area contributed by atoms with Gasteiger partial charge in [-0.3, -0.25) is 14.5 Å². The third-order valence-corrected chi connectivity index (χ3v) is 10.8. The van der Waals surface area contributed by atoms with Crippen LogP contribution in [0.25, 0.3) is 0 Å². The zero-order valence-corrected chi connectivity index (χ0v) is 30.3. The highest BCUT2D eigenvalue weighted by molar-refractivity contribution is 7.93. The minimum atomic E-state index is -5.33. The van der Waals surface area contributed by atoms with Crippen LogP contribution in [0.5, 0.6) is 17.2 Å². The van der Waals surface area contributed by atoms with Gasteiger partial charge in [-0.2, -0.15) is 0 Å². The first-order chi connectivity index (χ1) is 24.4. The number of carbonyl (C=O) groups excluding carboxylic acids is 2. The highest BCUT2D eigenvalue weighted by Gasteiger charge is 2.64. The maximum atomic E-state index is 15.5. The summed E-state index contributed by atoms with van der Waals surface area (Å²) in [6.45, 7) is 0.588. The Morgan fingerprint density at radius 1 is 1.06 bits per heavy atom. The van der Waals surface area contributed by atoms with E-state index in [0.717, 1.165) is 25.3 Å². The molecule has 2 heterocycles. The van der Waals surface area contributed by atoms with E-state index in [1.807, 2.05) is 0 Å². The molecule has 2 aliphatic heterocycles. The van der Waals surface area contributed by atoms with Gasteiger partial charge < -0.3 is 34.1 Å². The number of halogens is 4. The van der Waals surface area contributed by atoms with E-state index in [4.69, 9.17) is 25.8 Å². The molecule has 5 rings (SSSR count). The Hall–Kier alpha value is -4.13. The SMILES string of the molecule is COc1ccc(S(=O)(=O)N2C(=O)C(c3cc(C)ccc3OC)(N3C[C@H](OCC(O)CO)C[C@H]3C(=O)N(C)C)c3cc(Cl)ccc32)c(OC(F)(F)F)c1. The van der Waals surface area contributed by atoms with Crippen molar-refractivity contribution >= 4 is 39.1 Å². The zero-order chi connectivity index (χ0) is 38.3. The summed E-state index contributed by atoms with van der Waals surface area (Å²) >= 11 is 6.55. The second-order valence-corrected chi connectivity index (χ2v) is 14.6. The van der Waals surface area contributed by atoms with Crippen LogP contribution >= 0.6 is 11.6 Å². The van der Waals surface area contributed by atoms with Gasteiger partial charge in [0.2, 0.25) is 5.91 Å². The van der Waals surface area contributed by atoms with E-state index in [0.29, 0.717) is 9.87 Å². The van der Waals surface area contributed by atoms with Crippen LogP contribution < -0.4 is 18.5 Å². The molecule has 0 aromatic heterocycles. The molecule has 2 amide bonds. The number of carbonyl (C=O) groups is 2. The van der Waals surface area contributed by atoms with Crippen molar-refractivity contribution in [1.29, 1.82) is 0 Å². The van der Waals surface area contributed by atoms with E-state index in [-0.39, 0.29) is 52.9 Å². The number of rotatable bonds is 12. The summed E-state index contributed by atoms with van der Waals surface area (Å²) in [5.74, 6) is -2.87. The van der Waals surface area contributed by atoms with Gasteiger partial charge in [0.1, 0.15) is 22.5 Å². The number of methoxy groups -OCH3 is 2. The molecule has 0 spiro atoms.